The lowest BCUT2D eigenvalue weighted by Crippen LogP contribution is -2.34. The highest BCUT2D eigenvalue weighted by Gasteiger charge is 2.42. The maximum Gasteiger partial charge on any atom is 0.310 e. The SMILES string of the molecule is C[C@@H]1CNC[C@@]1(C)C(=O)O.Cl. The van der Waals surface area contributed by atoms with Crippen molar-refractivity contribution in [3.8, 4) is 0 Å². The summed E-state index contributed by atoms with van der Waals surface area (Å²) in [5.41, 5.74) is -0.542. The van der Waals surface area contributed by atoms with E-state index in [1.165, 1.54) is 0 Å². The summed E-state index contributed by atoms with van der Waals surface area (Å²) >= 11 is 0. The normalized spacial score (nSPS) is 36.4. The number of carboxylic acid groups (broad SMARTS) is 1. The fourth-order valence-electron chi connectivity index (χ4n) is 1.23. The second-order valence-electron chi connectivity index (χ2n) is 3.25. The minimum Gasteiger partial charge on any atom is -0.481 e. The van der Waals surface area contributed by atoms with Crippen molar-refractivity contribution in [3.05, 3.63) is 0 Å². The summed E-state index contributed by atoms with van der Waals surface area (Å²) in [4.78, 5) is 10.7. The van der Waals surface area contributed by atoms with Crippen LogP contribution in [0.4, 0.5) is 0 Å². The molecule has 1 rings (SSSR count). The van der Waals surface area contributed by atoms with Gasteiger partial charge in [-0.1, -0.05) is 6.92 Å². The molecule has 0 aliphatic carbocycles. The van der Waals surface area contributed by atoms with E-state index in [-0.39, 0.29) is 18.3 Å². The van der Waals surface area contributed by atoms with Gasteiger partial charge < -0.3 is 10.4 Å². The third kappa shape index (κ3) is 1.65. The summed E-state index contributed by atoms with van der Waals surface area (Å²) in [5, 5.41) is 11.9. The Hall–Kier alpha value is -0.280. The van der Waals surface area contributed by atoms with Gasteiger partial charge in [-0.3, -0.25) is 4.79 Å². The highest BCUT2D eigenvalue weighted by atomic mass is 35.5. The summed E-state index contributed by atoms with van der Waals surface area (Å²) < 4.78 is 0. The van der Waals surface area contributed by atoms with Crippen LogP contribution in [0.25, 0.3) is 0 Å². The van der Waals surface area contributed by atoms with Gasteiger partial charge in [-0.2, -0.15) is 0 Å². The summed E-state index contributed by atoms with van der Waals surface area (Å²) in [6.07, 6.45) is 0. The molecule has 0 spiro atoms. The van der Waals surface area contributed by atoms with Crippen LogP contribution in [-0.4, -0.2) is 24.2 Å². The van der Waals surface area contributed by atoms with E-state index in [0.717, 1.165) is 6.54 Å². The summed E-state index contributed by atoms with van der Waals surface area (Å²) in [6.45, 7) is 5.18. The van der Waals surface area contributed by atoms with E-state index >= 15 is 0 Å². The Kier molecular flexibility index (Phi) is 3.32. The molecule has 0 amide bonds. The average Bonchev–Trinajstić information content (AvgIpc) is 2.15. The molecule has 1 aliphatic rings. The molecule has 0 bridgehead atoms. The molecule has 1 saturated heterocycles. The molecule has 0 unspecified atom stereocenters. The predicted octanol–water partition coefficient (Wildman–Crippen LogP) is 0.738. The zero-order valence-corrected chi connectivity index (χ0v) is 7.57. The first-order valence-corrected chi connectivity index (χ1v) is 3.51. The molecular formula is C7H14ClNO2. The largest absolute Gasteiger partial charge is 0.481 e. The van der Waals surface area contributed by atoms with Crippen LogP contribution in [0.15, 0.2) is 0 Å². The first kappa shape index (κ1) is 10.7. The molecule has 0 aromatic carbocycles. The molecule has 0 aromatic heterocycles. The second kappa shape index (κ2) is 3.41. The van der Waals surface area contributed by atoms with Crippen molar-refractivity contribution in [3.63, 3.8) is 0 Å². The lowest BCUT2D eigenvalue weighted by molar-refractivity contribution is -0.148. The van der Waals surface area contributed by atoms with E-state index < -0.39 is 11.4 Å². The van der Waals surface area contributed by atoms with Crippen LogP contribution in [-0.2, 0) is 4.79 Å². The van der Waals surface area contributed by atoms with Crippen LogP contribution in [0.1, 0.15) is 13.8 Å². The molecule has 11 heavy (non-hydrogen) atoms. The van der Waals surface area contributed by atoms with Gasteiger partial charge in [0, 0.05) is 6.54 Å². The van der Waals surface area contributed by atoms with E-state index in [1.807, 2.05) is 6.92 Å². The number of carbonyl (C=O) groups is 1. The third-order valence-electron chi connectivity index (χ3n) is 2.52. The lowest BCUT2D eigenvalue weighted by Gasteiger charge is -2.21. The molecule has 0 saturated carbocycles. The van der Waals surface area contributed by atoms with Crippen molar-refractivity contribution in [2.24, 2.45) is 11.3 Å². The van der Waals surface area contributed by atoms with E-state index in [2.05, 4.69) is 5.32 Å². The van der Waals surface area contributed by atoms with Crippen molar-refractivity contribution >= 4 is 18.4 Å². The quantitative estimate of drug-likeness (QED) is 0.624. The number of carboxylic acids is 1. The molecular weight excluding hydrogens is 166 g/mol. The average molecular weight is 180 g/mol. The van der Waals surface area contributed by atoms with Crippen LogP contribution in [0, 0.1) is 11.3 Å². The lowest BCUT2D eigenvalue weighted by atomic mass is 9.81. The van der Waals surface area contributed by atoms with Gasteiger partial charge in [0.1, 0.15) is 0 Å². The molecule has 3 nitrogen and oxygen atoms in total. The molecule has 1 fully saturated rings. The van der Waals surface area contributed by atoms with Gasteiger partial charge in [-0.05, 0) is 19.4 Å². The summed E-state index contributed by atoms with van der Waals surface area (Å²) in [6, 6.07) is 0. The van der Waals surface area contributed by atoms with E-state index in [4.69, 9.17) is 5.11 Å². The van der Waals surface area contributed by atoms with Crippen LogP contribution < -0.4 is 5.32 Å². The van der Waals surface area contributed by atoms with Gasteiger partial charge in [-0.25, -0.2) is 0 Å². The van der Waals surface area contributed by atoms with Crippen molar-refractivity contribution in [2.45, 2.75) is 13.8 Å². The zero-order valence-electron chi connectivity index (χ0n) is 6.76. The maximum absolute atomic E-state index is 10.7. The Balaban J connectivity index is 0.000001000. The highest BCUT2D eigenvalue weighted by molar-refractivity contribution is 5.85. The molecule has 1 heterocycles. The number of halogens is 1. The number of hydrogen-bond acceptors (Lipinski definition) is 2. The van der Waals surface area contributed by atoms with E-state index in [0.29, 0.717) is 6.54 Å². The zero-order chi connectivity index (χ0) is 7.78. The predicted molar refractivity (Wildman–Crippen MR) is 45.0 cm³/mol. The van der Waals surface area contributed by atoms with Gasteiger partial charge in [0.2, 0.25) is 0 Å². The molecule has 0 aromatic rings. The van der Waals surface area contributed by atoms with Gasteiger partial charge in [0.05, 0.1) is 5.41 Å². The Morgan fingerprint density at radius 1 is 1.73 bits per heavy atom. The van der Waals surface area contributed by atoms with Crippen LogP contribution in [0.5, 0.6) is 0 Å². The van der Waals surface area contributed by atoms with Crippen molar-refractivity contribution in [2.75, 3.05) is 13.1 Å². The maximum atomic E-state index is 10.7. The van der Waals surface area contributed by atoms with Crippen molar-refractivity contribution < 1.29 is 9.90 Å². The smallest absolute Gasteiger partial charge is 0.310 e. The molecule has 0 radical (unpaired) electrons. The van der Waals surface area contributed by atoms with Gasteiger partial charge in [0.25, 0.3) is 0 Å². The number of aliphatic carboxylic acids is 1. The second-order valence-corrected chi connectivity index (χ2v) is 3.25. The fourth-order valence-corrected chi connectivity index (χ4v) is 1.23. The number of rotatable bonds is 1. The molecule has 2 N–H and O–H groups in total. The number of nitrogens with one attached hydrogen (secondary N) is 1. The molecule has 2 atom stereocenters. The van der Waals surface area contributed by atoms with E-state index in [1.54, 1.807) is 6.92 Å². The Bertz CT molecular complexity index is 163. The monoisotopic (exact) mass is 179 g/mol. The summed E-state index contributed by atoms with van der Waals surface area (Å²) in [7, 11) is 0. The first-order chi connectivity index (χ1) is 4.57. The Morgan fingerprint density at radius 2 is 2.27 bits per heavy atom. The Labute approximate surface area is 72.6 Å². The van der Waals surface area contributed by atoms with Crippen molar-refractivity contribution in [1.29, 1.82) is 0 Å². The molecule has 4 heteroatoms. The highest BCUT2D eigenvalue weighted by Crippen LogP contribution is 2.30. The molecule has 66 valence electrons. The minimum absolute atomic E-state index is 0. The third-order valence-corrected chi connectivity index (χ3v) is 2.52. The van der Waals surface area contributed by atoms with Crippen LogP contribution >= 0.6 is 12.4 Å². The minimum atomic E-state index is -0.690. The van der Waals surface area contributed by atoms with Crippen LogP contribution in [0.2, 0.25) is 0 Å². The standard InChI is InChI=1S/C7H13NO2.ClH/c1-5-3-8-4-7(5,2)6(9)10;/h5,8H,3-4H2,1-2H3,(H,9,10);1H/t5-,7-;/m1./s1. The van der Waals surface area contributed by atoms with E-state index in [9.17, 15) is 4.79 Å². The first-order valence-electron chi connectivity index (χ1n) is 3.51. The van der Waals surface area contributed by atoms with Crippen molar-refractivity contribution in [1.82, 2.24) is 5.32 Å². The van der Waals surface area contributed by atoms with Crippen LogP contribution in [0.3, 0.4) is 0 Å². The van der Waals surface area contributed by atoms with Gasteiger partial charge in [-0.15, -0.1) is 12.4 Å². The topological polar surface area (TPSA) is 49.3 Å². The van der Waals surface area contributed by atoms with Gasteiger partial charge in [0.15, 0.2) is 0 Å². The number of hydrogen-bond donors (Lipinski definition) is 2. The van der Waals surface area contributed by atoms with Gasteiger partial charge >= 0.3 is 5.97 Å². The fraction of sp³-hybridized carbons (Fsp3) is 0.857. The Morgan fingerprint density at radius 3 is 2.45 bits per heavy atom. The molecule has 1 aliphatic heterocycles. The summed E-state index contributed by atoms with van der Waals surface area (Å²) in [5.74, 6) is -0.449.